The topological polar surface area (TPSA) is 89.0 Å². The van der Waals surface area contributed by atoms with E-state index < -0.39 is 17.1 Å². The first-order valence-corrected chi connectivity index (χ1v) is 13.0. The third-order valence-corrected chi connectivity index (χ3v) is 8.87. The first-order valence-electron chi connectivity index (χ1n) is 8.16. The maximum atomic E-state index is 5.61. The van der Waals surface area contributed by atoms with E-state index in [2.05, 4.69) is 20.0 Å². The molecule has 0 saturated carbocycles. The van der Waals surface area contributed by atoms with E-state index >= 15 is 0 Å². The molecule has 0 saturated heterocycles. The molecule has 0 spiro atoms. The van der Waals surface area contributed by atoms with E-state index in [1.54, 1.807) is 33.5 Å². The van der Waals surface area contributed by atoms with Crippen LogP contribution in [0.2, 0.25) is 19.1 Å². The summed E-state index contributed by atoms with van der Waals surface area (Å²) in [5, 5.41) is 0.902. The minimum Gasteiger partial charge on any atom is -0.418 e. The lowest BCUT2D eigenvalue weighted by Crippen LogP contribution is -2.54. The second-order valence-corrected chi connectivity index (χ2v) is 13.1. The Bertz CT molecular complexity index is 432. The van der Waals surface area contributed by atoms with E-state index in [4.69, 9.17) is 29.2 Å². The van der Waals surface area contributed by atoms with Crippen molar-refractivity contribution >= 4 is 28.0 Å². The van der Waals surface area contributed by atoms with Gasteiger partial charge in [0.2, 0.25) is 0 Å². The third kappa shape index (κ3) is 7.88. The van der Waals surface area contributed by atoms with Gasteiger partial charge in [0.15, 0.2) is 8.32 Å². The number of hydrogen-bond donors (Lipinski definition) is 2. The third-order valence-electron chi connectivity index (χ3n) is 3.59. The summed E-state index contributed by atoms with van der Waals surface area (Å²) in [5.74, 6) is 0. The minimum atomic E-state index is -2.67. The first-order chi connectivity index (χ1) is 11.3. The van der Waals surface area contributed by atoms with Gasteiger partial charge in [0.25, 0.3) is 0 Å². The Morgan fingerprint density at radius 3 is 1.83 bits per heavy atom. The predicted molar refractivity (Wildman–Crippen MR) is 105 cm³/mol. The molecule has 140 valence electrons. The fourth-order valence-electron chi connectivity index (χ4n) is 2.28. The summed E-state index contributed by atoms with van der Waals surface area (Å²) in [6.45, 7) is 8.18. The largest absolute Gasteiger partial charge is 0.536 e. The minimum absolute atomic E-state index is 0.708. The fourth-order valence-corrected chi connectivity index (χ4v) is 6.04. The summed E-state index contributed by atoms with van der Waals surface area (Å²) in [7, 11) is 0.761. The van der Waals surface area contributed by atoms with Crippen LogP contribution in [-0.2, 0) is 17.7 Å². The number of nitrogens with two attached hydrogens (primary N) is 2. The van der Waals surface area contributed by atoms with Gasteiger partial charge in [0.05, 0.1) is 0 Å². The van der Waals surface area contributed by atoms with E-state index in [1.807, 2.05) is 12.1 Å². The molecule has 8 heteroatoms. The van der Waals surface area contributed by atoms with Crippen LogP contribution in [0, 0.1) is 0 Å². The Morgan fingerprint density at radius 1 is 0.958 bits per heavy atom. The van der Waals surface area contributed by atoms with Crippen molar-refractivity contribution in [3.8, 4) is 0 Å². The van der Waals surface area contributed by atoms with Crippen LogP contribution < -0.4 is 16.7 Å². The highest BCUT2D eigenvalue weighted by molar-refractivity contribution is 6.75. The highest BCUT2D eigenvalue weighted by Crippen LogP contribution is 2.12. The van der Waals surface area contributed by atoms with E-state index in [0.29, 0.717) is 5.69 Å². The smallest absolute Gasteiger partial charge is 0.418 e. The summed E-state index contributed by atoms with van der Waals surface area (Å²) < 4.78 is 21.6. The molecule has 0 bridgehead atoms. The highest BCUT2D eigenvalue weighted by atomic mass is 28.4. The average Bonchev–Trinajstić information content (AvgIpc) is 2.57. The van der Waals surface area contributed by atoms with E-state index in [0.717, 1.165) is 24.8 Å². The van der Waals surface area contributed by atoms with Gasteiger partial charge in [0, 0.05) is 38.8 Å². The zero-order valence-electron chi connectivity index (χ0n) is 15.9. The zero-order chi connectivity index (χ0) is 18.6. The molecule has 1 aromatic carbocycles. The Kier molecular flexibility index (Phi) is 11.4. The molecule has 0 unspecified atom stereocenters. The van der Waals surface area contributed by atoms with Crippen LogP contribution in [0.5, 0.6) is 0 Å². The molecule has 0 fully saturated rings. The van der Waals surface area contributed by atoms with E-state index in [-0.39, 0.29) is 0 Å². The predicted octanol–water partition coefficient (Wildman–Crippen LogP) is 1.93. The van der Waals surface area contributed by atoms with Crippen molar-refractivity contribution in [3.63, 3.8) is 0 Å². The van der Waals surface area contributed by atoms with Crippen LogP contribution in [0.25, 0.3) is 0 Å². The quantitative estimate of drug-likeness (QED) is 0.507. The average molecular weight is 375 g/mol. The van der Waals surface area contributed by atoms with Crippen molar-refractivity contribution in [2.24, 2.45) is 5.73 Å². The summed E-state index contributed by atoms with van der Waals surface area (Å²) >= 11 is 0. The molecule has 0 aliphatic rings. The van der Waals surface area contributed by atoms with Crippen molar-refractivity contribution in [2.45, 2.75) is 32.5 Å². The van der Waals surface area contributed by atoms with Gasteiger partial charge in [0.1, 0.15) is 0 Å². The summed E-state index contributed by atoms with van der Waals surface area (Å²) in [5.41, 5.74) is 11.7. The lowest BCUT2D eigenvalue weighted by Gasteiger charge is -2.24. The Labute approximate surface area is 148 Å². The lowest BCUT2D eigenvalue weighted by atomic mass is 10.3. The molecule has 0 aliphatic carbocycles. The van der Waals surface area contributed by atoms with Gasteiger partial charge in [-0.2, -0.15) is 0 Å². The van der Waals surface area contributed by atoms with Crippen LogP contribution in [0.4, 0.5) is 5.69 Å². The summed E-state index contributed by atoms with van der Waals surface area (Å²) in [6, 6.07) is 8.51. The molecular formula is C16H34N2O4Si2. The van der Waals surface area contributed by atoms with Gasteiger partial charge >= 0.3 is 8.80 Å². The van der Waals surface area contributed by atoms with Gasteiger partial charge in [-0.15, -0.1) is 0 Å². The van der Waals surface area contributed by atoms with Crippen molar-refractivity contribution in [3.05, 3.63) is 24.3 Å². The molecule has 6 nitrogen and oxygen atoms in total. The molecule has 0 aliphatic heterocycles. The zero-order valence-corrected chi connectivity index (χ0v) is 17.9. The lowest BCUT2D eigenvalue weighted by molar-refractivity contribution is 0.140. The summed E-state index contributed by atoms with van der Waals surface area (Å²) in [4.78, 5) is 0. The van der Waals surface area contributed by atoms with Crippen LogP contribution in [0.1, 0.15) is 13.3 Å². The van der Waals surface area contributed by atoms with E-state index in [9.17, 15) is 0 Å². The van der Waals surface area contributed by atoms with Crippen LogP contribution >= 0.6 is 0 Å². The fraction of sp³-hybridized carbons (Fsp3) is 0.625. The maximum Gasteiger partial charge on any atom is 0.536 e. The first kappa shape index (κ1) is 23.3. The van der Waals surface area contributed by atoms with Gasteiger partial charge in [-0.05, 0) is 51.2 Å². The maximum absolute atomic E-state index is 5.61. The molecule has 0 amide bonds. The standard InChI is InChI=1S/C9H15NO3Si.C7H19NOSi/c1-11-14(12-2,13-3)9-6-4-8(10)5-7-9;1-4-9-10(2,3)7-5-6-8/h4-7H,10H2,1-3H3;4-8H2,1-3H3. The van der Waals surface area contributed by atoms with Crippen molar-refractivity contribution in [1.82, 2.24) is 0 Å². The highest BCUT2D eigenvalue weighted by Gasteiger charge is 2.40. The normalized spacial score (nSPS) is 11.8. The molecule has 0 heterocycles. The second kappa shape index (κ2) is 11.7. The Morgan fingerprint density at radius 2 is 1.46 bits per heavy atom. The van der Waals surface area contributed by atoms with Crippen LogP contribution in [0.3, 0.4) is 0 Å². The number of anilines is 1. The number of hydrogen-bond acceptors (Lipinski definition) is 6. The van der Waals surface area contributed by atoms with Crippen LogP contribution in [-0.4, -0.2) is 51.6 Å². The molecule has 1 aromatic rings. The molecular weight excluding hydrogens is 340 g/mol. The van der Waals surface area contributed by atoms with Gasteiger partial charge < -0.3 is 29.2 Å². The van der Waals surface area contributed by atoms with Crippen LogP contribution in [0.15, 0.2) is 24.3 Å². The molecule has 0 radical (unpaired) electrons. The Balaban J connectivity index is 0.000000470. The molecule has 4 N–H and O–H groups in total. The second-order valence-electron chi connectivity index (χ2n) is 5.88. The Hall–Kier alpha value is -0.746. The van der Waals surface area contributed by atoms with E-state index in [1.165, 1.54) is 6.04 Å². The molecule has 1 rings (SSSR count). The monoisotopic (exact) mass is 374 g/mol. The van der Waals surface area contributed by atoms with Crippen molar-refractivity contribution < 1.29 is 17.7 Å². The van der Waals surface area contributed by atoms with Gasteiger partial charge in [-0.1, -0.05) is 12.1 Å². The van der Waals surface area contributed by atoms with Crippen molar-refractivity contribution in [1.29, 1.82) is 0 Å². The molecule has 0 atom stereocenters. The number of benzene rings is 1. The number of nitrogen functional groups attached to an aromatic ring is 1. The van der Waals surface area contributed by atoms with Gasteiger partial charge in [-0.25, -0.2) is 0 Å². The summed E-state index contributed by atoms with van der Waals surface area (Å²) in [6.07, 6.45) is 1.11. The molecule has 24 heavy (non-hydrogen) atoms. The SMILES string of the molecule is CCO[Si](C)(C)CCCN.CO[Si](OC)(OC)c1ccc(N)cc1. The van der Waals surface area contributed by atoms with Crippen molar-refractivity contribution in [2.75, 3.05) is 40.2 Å². The molecule has 0 aromatic heterocycles. The van der Waals surface area contributed by atoms with Gasteiger partial charge in [-0.3, -0.25) is 0 Å². The number of rotatable bonds is 9.